The van der Waals surface area contributed by atoms with Gasteiger partial charge in [-0.3, -0.25) is 4.79 Å². The molecule has 0 aliphatic carbocycles. The number of aliphatic hydroxyl groups is 2. The van der Waals surface area contributed by atoms with E-state index in [0.29, 0.717) is 22.3 Å². The molecule has 1 unspecified atom stereocenters. The van der Waals surface area contributed by atoms with Crippen LogP contribution in [0.15, 0.2) is 48.5 Å². The van der Waals surface area contributed by atoms with Crippen molar-refractivity contribution in [3.05, 3.63) is 82.7 Å². The van der Waals surface area contributed by atoms with Gasteiger partial charge in [-0.2, -0.15) is 18.3 Å². The van der Waals surface area contributed by atoms with E-state index in [0.717, 1.165) is 32.0 Å². The Morgan fingerprint density at radius 1 is 1.00 bits per heavy atom. The Hall–Kier alpha value is -4.23. The van der Waals surface area contributed by atoms with Gasteiger partial charge in [-0.05, 0) is 69.3 Å². The number of ether oxygens (including phenoxy) is 1. The second kappa shape index (κ2) is 10.6. The molecule has 0 spiro atoms. The van der Waals surface area contributed by atoms with Crippen molar-refractivity contribution in [1.82, 2.24) is 20.5 Å². The van der Waals surface area contributed by atoms with Crippen LogP contribution < -0.4 is 10.1 Å². The molecule has 0 aliphatic rings. The number of nitrogens with one attached hydrogen (secondary N) is 1. The standard InChI is InChI=1S/C28H25F5N4O4/c1-14-23(41-4)18-11-16(7-10-20(18)37-36-14)25(38)34-13-27(40,28(31,32)33)24-22(30)19(26(2,3)39)12-21(35-24)15-5-8-17(29)9-6-15/h5-12,39-40H,13H2,1-4H3,(H,34,38). The molecule has 13 heteroatoms. The number of alkyl halides is 3. The molecule has 41 heavy (non-hydrogen) atoms. The summed E-state index contributed by atoms with van der Waals surface area (Å²) in [6.45, 7) is 2.36. The van der Waals surface area contributed by atoms with Crippen LogP contribution in [-0.2, 0) is 11.2 Å². The zero-order valence-corrected chi connectivity index (χ0v) is 22.3. The number of pyridine rings is 1. The summed E-state index contributed by atoms with van der Waals surface area (Å²) < 4.78 is 77.7. The maximum absolute atomic E-state index is 15.6. The van der Waals surface area contributed by atoms with Crippen LogP contribution in [0.5, 0.6) is 5.75 Å². The molecule has 0 bridgehead atoms. The normalized spacial score (nSPS) is 13.6. The van der Waals surface area contributed by atoms with Gasteiger partial charge < -0.3 is 20.3 Å². The lowest BCUT2D eigenvalue weighted by Crippen LogP contribution is -2.52. The van der Waals surface area contributed by atoms with Crippen molar-refractivity contribution in [2.24, 2.45) is 0 Å². The minimum absolute atomic E-state index is 0.0928. The highest BCUT2D eigenvalue weighted by molar-refractivity contribution is 5.99. The molecular weight excluding hydrogens is 551 g/mol. The Labute approximate surface area is 230 Å². The molecule has 4 rings (SSSR count). The predicted octanol–water partition coefficient (Wildman–Crippen LogP) is 4.69. The van der Waals surface area contributed by atoms with Gasteiger partial charge >= 0.3 is 6.18 Å². The molecule has 0 saturated heterocycles. The number of aromatic nitrogens is 3. The third-order valence-electron chi connectivity index (χ3n) is 6.47. The highest BCUT2D eigenvalue weighted by Crippen LogP contribution is 2.42. The van der Waals surface area contributed by atoms with Crippen LogP contribution in [0.3, 0.4) is 0 Å². The van der Waals surface area contributed by atoms with Crippen molar-refractivity contribution in [2.75, 3.05) is 13.7 Å². The number of nitrogens with zero attached hydrogens (tertiary/aromatic N) is 3. The van der Waals surface area contributed by atoms with Crippen molar-refractivity contribution in [1.29, 1.82) is 0 Å². The molecule has 0 fully saturated rings. The molecule has 2 aromatic carbocycles. The number of aryl methyl sites for hydroxylation is 1. The van der Waals surface area contributed by atoms with Crippen molar-refractivity contribution in [3.8, 4) is 17.0 Å². The number of hydrogen-bond donors (Lipinski definition) is 3. The topological polar surface area (TPSA) is 117 Å². The number of amides is 1. The van der Waals surface area contributed by atoms with E-state index in [1.54, 1.807) is 6.92 Å². The summed E-state index contributed by atoms with van der Waals surface area (Å²) in [5.74, 6) is -2.98. The van der Waals surface area contributed by atoms with E-state index in [4.69, 9.17) is 4.74 Å². The summed E-state index contributed by atoms with van der Waals surface area (Å²) in [6.07, 6.45) is -5.54. The number of hydrogen-bond acceptors (Lipinski definition) is 7. The Morgan fingerprint density at radius 3 is 2.24 bits per heavy atom. The fourth-order valence-electron chi connectivity index (χ4n) is 4.22. The van der Waals surface area contributed by atoms with Crippen molar-refractivity contribution in [3.63, 3.8) is 0 Å². The number of halogens is 5. The molecule has 3 N–H and O–H groups in total. The maximum Gasteiger partial charge on any atom is 0.424 e. The van der Waals surface area contributed by atoms with Gasteiger partial charge in [0.2, 0.25) is 5.60 Å². The smallest absolute Gasteiger partial charge is 0.424 e. The molecule has 0 saturated carbocycles. The summed E-state index contributed by atoms with van der Waals surface area (Å²) in [5.41, 5.74) is -7.62. The van der Waals surface area contributed by atoms with Gasteiger partial charge in [0.25, 0.3) is 5.91 Å². The molecule has 216 valence electrons. The monoisotopic (exact) mass is 576 g/mol. The first kappa shape index (κ1) is 29.7. The molecule has 0 aliphatic heterocycles. The Bertz CT molecular complexity index is 1620. The summed E-state index contributed by atoms with van der Waals surface area (Å²) in [6, 6.07) is 9.47. The maximum atomic E-state index is 15.6. The Morgan fingerprint density at radius 2 is 1.66 bits per heavy atom. The first-order valence-corrected chi connectivity index (χ1v) is 12.1. The number of benzene rings is 2. The van der Waals surface area contributed by atoms with Gasteiger partial charge in [-0.1, -0.05) is 0 Å². The third kappa shape index (κ3) is 5.68. The lowest BCUT2D eigenvalue weighted by atomic mass is 9.89. The summed E-state index contributed by atoms with van der Waals surface area (Å²) in [5, 5.41) is 31.8. The Balaban J connectivity index is 1.78. The summed E-state index contributed by atoms with van der Waals surface area (Å²) in [4.78, 5) is 16.7. The van der Waals surface area contributed by atoms with E-state index in [2.05, 4.69) is 15.2 Å². The van der Waals surface area contributed by atoms with Crippen LogP contribution in [-0.4, -0.2) is 51.1 Å². The zero-order chi connectivity index (χ0) is 30.3. The van der Waals surface area contributed by atoms with Gasteiger partial charge in [0.05, 0.1) is 30.5 Å². The molecular formula is C28H25F5N4O4. The van der Waals surface area contributed by atoms with E-state index in [1.165, 1.54) is 37.4 Å². The molecule has 8 nitrogen and oxygen atoms in total. The van der Waals surface area contributed by atoms with E-state index in [1.807, 2.05) is 5.32 Å². The highest BCUT2D eigenvalue weighted by Gasteiger charge is 2.58. The predicted molar refractivity (Wildman–Crippen MR) is 138 cm³/mol. The van der Waals surface area contributed by atoms with Crippen LogP contribution >= 0.6 is 0 Å². The Kier molecular flexibility index (Phi) is 7.71. The van der Waals surface area contributed by atoms with Gasteiger partial charge in [0, 0.05) is 22.1 Å². The van der Waals surface area contributed by atoms with Gasteiger partial charge in [0.1, 0.15) is 17.2 Å². The first-order chi connectivity index (χ1) is 19.1. The summed E-state index contributed by atoms with van der Waals surface area (Å²) >= 11 is 0. The van der Waals surface area contributed by atoms with Crippen molar-refractivity contribution < 1.29 is 41.7 Å². The number of carbonyl (C=O) groups excluding carboxylic acids is 1. The first-order valence-electron chi connectivity index (χ1n) is 12.1. The van der Waals surface area contributed by atoms with Gasteiger partial charge in [-0.15, -0.1) is 5.10 Å². The van der Waals surface area contributed by atoms with Crippen LogP contribution in [0, 0.1) is 18.6 Å². The molecule has 4 aromatic rings. The van der Waals surface area contributed by atoms with Crippen LogP contribution in [0.25, 0.3) is 22.2 Å². The second-order valence-corrected chi connectivity index (χ2v) is 9.87. The number of fused-ring (bicyclic) bond motifs is 1. The third-order valence-corrected chi connectivity index (χ3v) is 6.47. The van der Waals surface area contributed by atoms with Crippen molar-refractivity contribution >= 4 is 16.8 Å². The van der Waals surface area contributed by atoms with E-state index >= 15 is 4.39 Å². The van der Waals surface area contributed by atoms with Gasteiger partial charge in [-0.25, -0.2) is 13.8 Å². The summed E-state index contributed by atoms with van der Waals surface area (Å²) in [7, 11) is 1.38. The van der Waals surface area contributed by atoms with Crippen LogP contribution in [0.2, 0.25) is 0 Å². The average Bonchev–Trinajstić information content (AvgIpc) is 2.90. The molecule has 2 heterocycles. The quantitative estimate of drug-likeness (QED) is 0.273. The lowest BCUT2D eigenvalue weighted by molar-refractivity contribution is -0.266. The lowest BCUT2D eigenvalue weighted by Gasteiger charge is -2.32. The fourth-order valence-corrected chi connectivity index (χ4v) is 4.22. The van der Waals surface area contributed by atoms with Gasteiger partial charge in [0.15, 0.2) is 11.6 Å². The van der Waals surface area contributed by atoms with E-state index in [-0.39, 0.29) is 16.8 Å². The minimum atomic E-state index is -5.54. The second-order valence-electron chi connectivity index (χ2n) is 9.87. The van der Waals surface area contributed by atoms with E-state index in [9.17, 15) is 32.6 Å². The fraction of sp³-hybridized carbons (Fsp3) is 0.286. The number of rotatable bonds is 7. The SMILES string of the molecule is COc1c(C)nnc2ccc(C(=O)NCC(O)(c3nc(-c4ccc(F)cc4)cc(C(C)(C)O)c3F)C(F)(F)F)cc12. The largest absolute Gasteiger partial charge is 0.494 e. The molecule has 1 amide bonds. The number of methoxy groups -OCH3 is 1. The highest BCUT2D eigenvalue weighted by atomic mass is 19.4. The zero-order valence-electron chi connectivity index (χ0n) is 22.3. The average molecular weight is 577 g/mol. The molecule has 2 aromatic heterocycles. The van der Waals surface area contributed by atoms with E-state index < -0.39 is 52.7 Å². The molecule has 1 atom stereocenters. The number of carbonyl (C=O) groups is 1. The molecule has 0 radical (unpaired) electrons. The minimum Gasteiger partial charge on any atom is -0.494 e. The van der Waals surface area contributed by atoms with Crippen LogP contribution in [0.1, 0.15) is 41.2 Å². The van der Waals surface area contributed by atoms with Crippen molar-refractivity contribution in [2.45, 2.75) is 38.1 Å². The van der Waals surface area contributed by atoms with Crippen LogP contribution in [0.4, 0.5) is 22.0 Å².